The van der Waals surface area contributed by atoms with E-state index in [1.807, 2.05) is 0 Å². The van der Waals surface area contributed by atoms with Crippen LogP contribution in [-0.4, -0.2) is 50.2 Å². The van der Waals surface area contributed by atoms with Crippen molar-refractivity contribution in [3.05, 3.63) is 54.1 Å². The molecule has 0 spiro atoms. The smallest absolute Gasteiger partial charge is 0.227 e. The molecule has 1 saturated heterocycles. The van der Waals surface area contributed by atoms with Crippen molar-refractivity contribution >= 4 is 5.91 Å². The van der Waals surface area contributed by atoms with E-state index in [4.69, 9.17) is 0 Å². The van der Waals surface area contributed by atoms with Gasteiger partial charge in [-0.15, -0.1) is 0 Å². The highest BCUT2D eigenvalue weighted by atomic mass is 16.3. The van der Waals surface area contributed by atoms with Gasteiger partial charge < -0.3 is 15.1 Å². The predicted molar refractivity (Wildman–Crippen MR) is 83.6 cm³/mol. The molecule has 1 amide bonds. The van der Waals surface area contributed by atoms with Crippen molar-refractivity contribution in [2.75, 3.05) is 13.1 Å². The Kier molecular flexibility index (Phi) is 4.52. The lowest BCUT2D eigenvalue weighted by Gasteiger charge is -2.16. The van der Waals surface area contributed by atoms with Crippen LogP contribution in [0.2, 0.25) is 0 Å². The number of rotatable bonds is 4. The molecule has 120 valence electrons. The molecule has 2 N–H and O–H groups in total. The average Bonchev–Trinajstić information content (AvgIpc) is 2.92. The van der Waals surface area contributed by atoms with Crippen LogP contribution in [0.15, 0.2) is 42.9 Å². The van der Waals surface area contributed by atoms with E-state index in [-0.39, 0.29) is 24.0 Å². The molecular weight excluding hydrogens is 294 g/mol. The highest BCUT2D eigenvalue weighted by Crippen LogP contribution is 2.23. The summed E-state index contributed by atoms with van der Waals surface area (Å²) in [7, 11) is 0. The zero-order chi connectivity index (χ0) is 16.2. The highest BCUT2D eigenvalue weighted by Gasteiger charge is 2.34. The molecule has 2 atom stereocenters. The van der Waals surface area contributed by atoms with Crippen molar-refractivity contribution in [1.29, 1.82) is 0 Å². The third-order valence-electron chi connectivity index (χ3n) is 4.18. The van der Waals surface area contributed by atoms with E-state index < -0.39 is 6.10 Å². The van der Waals surface area contributed by atoms with Crippen molar-refractivity contribution in [2.24, 2.45) is 5.92 Å². The summed E-state index contributed by atoms with van der Waals surface area (Å²) in [4.78, 5) is 22.3. The molecule has 3 rings (SSSR count). The van der Waals surface area contributed by atoms with Crippen molar-refractivity contribution < 1.29 is 15.0 Å². The van der Waals surface area contributed by atoms with Crippen LogP contribution in [0.5, 0.6) is 5.75 Å². The van der Waals surface area contributed by atoms with Crippen LogP contribution in [0.3, 0.4) is 0 Å². The van der Waals surface area contributed by atoms with Gasteiger partial charge in [0.15, 0.2) is 0 Å². The number of aliphatic hydroxyl groups excluding tert-OH is 1. The first-order valence-corrected chi connectivity index (χ1v) is 7.61. The van der Waals surface area contributed by atoms with Crippen molar-refractivity contribution in [3.8, 4) is 5.75 Å². The molecule has 0 unspecified atom stereocenters. The number of aliphatic hydroxyl groups is 1. The topological polar surface area (TPSA) is 86.5 Å². The molecule has 6 nitrogen and oxygen atoms in total. The van der Waals surface area contributed by atoms with E-state index in [1.165, 1.54) is 0 Å². The number of aromatic nitrogens is 2. The second-order valence-electron chi connectivity index (χ2n) is 5.83. The molecule has 1 aromatic carbocycles. The van der Waals surface area contributed by atoms with Gasteiger partial charge in [0.05, 0.1) is 18.2 Å². The molecule has 0 bridgehead atoms. The zero-order valence-electron chi connectivity index (χ0n) is 12.7. The van der Waals surface area contributed by atoms with Gasteiger partial charge in [0.1, 0.15) is 5.75 Å². The van der Waals surface area contributed by atoms with Crippen LogP contribution in [-0.2, 0) is 17.6 Å². The van der Waals surface area contributed by atoms with Gasteiger partial charge >= 0.3 is 0 Å². The first kappa shape index (κ1) is 15.4. The van der Waals surface area contributed by atoms with Crippen molar-refractivity contribution in [2.45, 2.75) is 18.9 Å². The number of hydrogen-bond acceptors (Lipinski definition) is 5. The normalized spacial score (nSPS) is 20.7. The number of β-amino-alcohol motifs (C(OH)–C–C–N with tert-alkyl or cyclic N) is 1. The van der Waals surface area contributed by atoms with Gasteiger partial charge in [-0.2, -0.15) is 0 Å². The van der Waals surface area contributed by atoms with E-state index in [0.717, 1.165) is 5.69 Å². The summed E-state index contributed by atoms with van der Waals surface area (Å²) in [5.41, 5.74) is 1.41. The molecule has 1 fully saturated rings. The molecule has 2 aromatic rings. The van der Waals surface area contributed by atoms with Crippen LogP contribution < -0.4 is 0 Å². The summed E-state index contributed by atoms with van der Waals surface area (Å²) in [5, 5.41) is 20.0. The lowest BCUT2D eigenvalue weighted by Crippen LogP contribution is -2.31. The third kappa shape index (κ3) is 3.65. The molecule has 6 heteroatoms. The maximum absolute atomic E-state index is 12.4. The van der Waals surface area contributed by atoms with E-state index in [2.05, 4.69) is 9.97 Å². The lowest BCUT2D eigenvalue weighted by molar-refractivity contribution is -0.129. The Morgan fingerprint density at radius 2 is 2.09 bits per heavy atom. The third-order valence-corrected chi connectivity index (χ3v) is 4.18. The number of nitrogens with zero attached hydrogens (tertiary/aromatic N) is 3. The molecule has 0 radical (unpaired) electrons. The van der Waals surface area contributed by atoms with Crippen molar-refractivity contribution in [1.82, 2.24) is 14.9 Å². The van der Waals surface area contributed by atoms with Crippen LogP contribution in [0.25, 0.3) is 0 Å². The highest BCUT2D eigenvalue weighted by molar-refractivity contribution is 5.79. The summed E-state index contributed by atoms with van der Waals surface area (Å²) >= 11 is 0. The fourth-order valence-electron chi connectivity index (χ4n) is 2.90. The molecule has 2 heterocycles. The summed E-state index contributed by atoms with van der Waals surface area (Å²) < 4.78 is 0. The molecule has 0 saturated carbocycles. The SMILES string of the molecule is O=C(Cc1ccccc1O)N1C[C@@H](Cc2cnccn2)[C@H](O)C1. The Bertz CT molecular complexity index is 678. The number of amides is 1. The van der Waals surface area contributed by atoms with Crippen LogP contribution >= 0.6 is 0 Å². The van der Waals surface area contributed by atoms with Gasteiger partial charge in [0.2, 0.25) is 5.91 Å². The first-order chi connectivity index (χ1) is 11.1. The minimum atomic E-state index is -0.565. The van der Waals surface area contributed by atoms with Crippen LogP contribution in [0, 0.1) is 5.92 Å². The second-order valence-corrected chi connectivity index (χ2v) is 5.83. The maximum Gasteiger partial charge on any atom is 0.227 e. The van der Waals surface area contributed by atoms with E-state index in [0.29, 0.717) is 25.1 Å². The minimum Gasteiger partial charge on any atom is -0.508 e. The van der Waals surface area contributed by atoms with Gasteiger partial charge in [0.25, 0.3) is 0 Å². The lowest BCUT2D eigenvalue weighted by atomic mass is 10.0. The number of phenols is 1. The maximum atomic E-state index is 12.4. The Balaban J connectivity index is 1.62. The summed E-state index contributed by atoms with van der Waals surface area (Å²) in [5.74, 6) is -0.0103. The Morgan fingerprint density at radius 1 is 1.26 bits per heavy atom. The molecule has 0 aliphatic carbocycles. The van der Waals surface area contributed by atoms with Gasteiger partial charge in [-0.25, -0.2) is 0 Å². The van der Waals surface area contributed by atoms with Crippen LogP contribution in [0.4, 0.5) is 0 Å². The number of likely N-dealkylation sites (tertiary alicyclic amines) is 1. The van der Waals surface area contributed by atoms with Gasteiger partial charge in [-0.3, -0.25) is 14.8 Å². The van der Waals surface area contributed by atoms with Gasteiger partial charge in [-0.1, -0.05) is 18.2 Å². The second kappa shape index (κ2) is 6.75. The van der Waals surface area contributed by atoms with Gasteiger partial charge in [0, 0.05) is 43.2 Å². The van der Waals surface area contributed by atoms with E-state index in [9.17, 15) is 15.0 Å². The summed E-state index contributed by atoms with van der Waals surface area (Å²) in [6.07, 6.45) is 5.07. The number of benzene rings is 1. The number of carbonyl (C=O) groups is 1. The number of hydrogen-bond donors (Lipinski definition) is 2. The zero-order valence-corrected chi connectivity index (χ0v) is 12.7. The fraction of sp³-hybridized carbons (Fsp3) is 0.353. The Morgan fingerprint density at radius 3 is 2.83 bits per heavy atom. The van der Waals surface area contributed by atoms with E-state index >= 15 is 0 Å². The first-order valence-electron chi connectivity index (χ1n) is 7.61. The number of aromatic hydroxyl groups is 1. The predicted octanol–water partition coefficient (Wildman–Crippen LogP) is 0.787. The monoisotopic (exact) mass is 313 g/mol. The standard InChI is InChI=1S/C17H19N3O3/c21-15-4-2-1-3-12(15)8-17(23)20-10-13(16(22)11-20)7-14-9-18-5-6-19-14/h1-6,9,13,16,21-22H,7-8,10-11H2/t13-,16-/m1/s1. The summed E-state index contributed by atoms with van der Waals surface area (Å²) in [6, 6.07) is 6.81. The average molecular weight is 313 g/mol. The quantitative estimate of drug-likeness (QED) is 0.871. The Labute approximate surface area is 134 Å². The molecule has 1 aliphatic heterocycles. The largest absolute Gasteiger partial charge is 0.508 e. The molecule has 1 aliphatic rings. The molecule has 23 heavy (non-hydrogen) atoms. The Hall–Kier alpha value is -2.47. The number of para-hydroxylation sites is 1. The van der Waals surface area contributed by atoms with Crippen molar-refractivity contribution in [3.63, 3.8) is 0 Å². The number of phenolic OH excluding ortho intramolecular Hbond substituents is 1. The minimum absolute atomic E-state index is 0.0416. The fourth-order valence-corrected chi connectivity index (χ4v) is 2.90. The molecular formula is C17H19N3O3. The van der Waals surface area contributed by atoms with Gasteiger partial charge in [-0.05, 0) is 12.5 Å². The molecule has 1 aromatic heterocycles. The van der Waals surface area contributed by atoms with E-state index in [1.54, 1.807) is 47.8 Å². The van der Waals surface area contributed by atoms with Crippen LogP contribution in [0.1, 0.15) is 11.3 Å². The summed E-state index contributed by atoms with van der Waals surface area (Å²) in [6.45, 7) is 0.807. The number of carbonyl (C=O) groups excluding carboxylic acids is 1.